The molecule has 3 heteroatoms. The summed E-state index contributed by atoms with van der Waals surface area (Å²) in [6.07, 6.45) is 4.30. The molecule has 16 heavy (non-hydrogen) atoms. The van der Waals surface area contributed by atoms with Crippen LogP contribution >= 0.6 is 0 Å². The van der Waals surface area contributed by atoms with E-state index in [0.717, 1.165) is 12.8 Å². The first kappa shape index (κ1) is 12.7. The second-order valence-corrected chi connectivity index (χ2v) is 4.23. The van der Waals surface area contributed by atoms with Gasteiger partial charge in [-0.3, -0.25) is 4.79 Å². The van der Waals surface area contributed by atoms with Crippen molar-refractivity contribution in [3.05, 3.63) is 23.9 Å². The number of pyridine rings is 1. The van der Waals surface area contributed by atoms with Gasteiger partial charge in [-0.05, 0) is 32.4 Å². The average molecular weight is 220 g/mol. The fourth-order valence-corrected chi connectivity index (χ4v) is 1.49. The van der Waals surface area contributed by atoms with Crippen LogP contribution in [-0.2, 0) is 0 Å². The van der Waals surface area contributed by atoms with E-state index in [2.05, 4.69) is 17.2 Å². The molecule has 1 N–H and O–H groups in total. The highest BCUT2D eigenvalue weighted by atomic mass is 16.1. The number of hydrogen-bond donors (Lipinski definition) is 1. The first-order chi connectivity index (χ1) is 7.65. The minimum atomic E-state index is 0.179. The summed E-state index contributed by atoms with van der Waals surface area (Å²) in [6.45, 7) is 6.16. The van der Waals surface area contributed by atoms with Crippen molar-refractivity contribution in [2.75, 3.05) is 5.32 Å². The summed E-state index contributed by atoms with van der Waals surface area (Å²) in [7, 11) is 0. The molecule has 0 saturated heterocycles. The van der Waals surface area contributed by atoms with Crippen molar-refractivity contribution in [2.45, 2.75) is 46.1 Å². The Morgan fingerprint density at radius 3 is 2.88 bits per heavy atom. The summed E-state index contributed by atoms with van der Waals surface area (Å²) in [5.41, 5.74) is 0.713. The Kier molecular flexibility index (Phi) is 4.96. The third-order valence-corrected chi connectivity index (χ3v) is 2.29. The van der Waals surface area contributed by atoms with Crippen molar-refractivity contribution >= 4 is 11.6 Å². The number of rotatable bonds is 6. The van der Waals surface area contributed by atoms with Crippen molar-refractivity contribution in [3.63, 3.8) is 0 Å². The molecule has 0 saturated carbocycles. The Hall–Kier alpha value is -1.38. The van der Waals surface area contributed by atoms with Crippen molar-refractivity contribution in [2.24, 2.45) is 0 Å². The topological polar surface area (TPSA) is 42.0 Å². The van der Waals surface area contributed by atoms with Gasteiger partial charge in [-0.25, -0.2) is 4.98 Å². The maximum Gasteiger partial charge on any atom is 0.166 e. The highest BCUT2D eigenvalue weighted by Crippen LogP contribution is 2.16. The number of anilines is 1. The molecule has 1 rings (SSSR count). The summed E-state index contributed by atoms with van der Waals surface area (Å²) in [6, 6.07) is 3.94. The molecule has 1 aromatic heterocycles. The van der Waals surface area contributed by atoms with Gasteiger partial charge in [0.25, 0.3) is 0 Å². The van der Waals surface area contributed by atoms with Gasteiger partial charge in [0.1, 0.15) is 5.82 Å². The van der Waals surface area contributed by atoms with E-state index in [1.807, 2.05) is 26.0 Å². The molecule has 0 amide bonds. The lowest BCUT2D eigenvalue weighted by Gasteiger charge is -2.12. The van der Waals surface area contributed by atoms with E-state index in [0.29, 0.717) is 17.8 Å². The van der Waals surface area contributed by atoms with Crippen LogP contribution in [0.1, 0.15) is 50.4 Å². The average Bonchev–Trinajstić information content (AvgIpc) is 2.26. The maximum absolute atomic E-state index is 11.9. The lowest BCUT2D eigenvalue weighted by atomic mass is 10.1. The van der Waals surface area contributed by atoms with E-state index < -0.39 is 0 Å². The van der Waals surface area contributed by atoms with Gasteiger partial charge < -0.3 is 5.32 Å². The number of Topliss-reactive ketones (excluding diaryl/α,β-unsaturated/α-hetero) is 1. The molecule has 0 atom stereocenters. The Bertz CT molecular complexity index is 348. The van der Waals surface area contributed by atoms with Crippen LogP contribution in [0.4, 0.5) is 5.82 Å². The molecular weight excluding hydrogens is 200 g/mol. The highest BCUT2D eigenvalue weighted by Gasteiger charge is 2.11. The molecule has 1 heterocycles. The second-order valence-electron chi connectivity index (χ2n) is 4.23. The Labute approximate surface area is 97.3 Å². The smallest absolute Gasteiger partial charge is 0.166 e. The number of nitrogens with one attached hydrogen (secondary N) is 1. The minimum absolute atomic E-state index is 0.179. The molecule has 0 aliphatic rings. The van der Waals surface area contributed by atoms with E-state index in [9.17, 15) is 4.79 Å². The van der Waals surface area contributed by atoms with Gasteiger partial charge >= 0.3 is 0 Å². The SMILES string of the molecule is CCCCC(=O)c1cccnc1NC(C)C. The summed E-state index contributed by atoms with van der Waals surface area (Å²) in [4.78, 5) is 16.1. The van der Waals surface area contributed by atoms with Crippen LogP contribution in [0.5, 0.6) is 0 Å². The number of aromatic nitrogens is 1. The van der Waals surface area contributed by atoms with E-state index in [4.69, 9.17) is 0 Å². The lowest BCUT2D eigenvalue weighted by Crippen LogP contribution is -2.14. The number of carbonyl (C=O) groups is 1. The summed E-state index contributed by atoms with van der Waals surface area (Å²) in [5, 5.41) is 3.20. The van der Waals surface area contributed by atoms with Crippen LogP contribution in [0.2, 0.25) is 0 Å². The molecule has 0 radical (unpaired) electrons. The highest BCUT2D eigenvalue weighted by molar-refractivity contribution is 6.00. The third-order valence-electron chi connectivity index (χ3n) is 2.29. The molecule has 0 aliphatic carbocycles. The molecular formula is C13H20N2O. The van der Waals surface area contributed by atoms with E-state index in [1.165, 1.54) is 0 Å². The molecule has 0 unspecified atom stereocenters. The predicted octanol–water partition coefficient (Wildman–Crippen LogP) is 3.27. The summed E-state index contributed by atoms with van der Waals surface area (Å²) in [5.74, 6) is 0.886. The van der Waals surface area contributed by atoms with Crippen LogP contribution in [0.25, 0.3) is 0 Å². The molecule has 0 spiro atoms. The van der Waals surface area contributed by atoms with Crippen LogP contribution in [0.15, 0.2) is 18.3 Å². The number of nitrogens with zero attached hydrogens (tertiary/aromatic N) is 1. The quantitative estimate of drug-likeness (QED) is 0.748. The zero-order valence-electron chi connectivity index (χ0n) is 10.3. The molecule has 88 valence electrons. The zero-order valence-corrected chi connectivity index (χ0v) is 10.3. The number of carbonyl (C=O) groups excluding carboxylic acids is 1. The lowest BCUT2D eigenvalue weighted by molar-refractivity contribution is 0.0980. The van der Waals surface area contributed by atoms with Gasteiger partial charge in [0.05, 0.1) is 5.56 Å². The molecule has 1 aromatic rings. The monoisotopic (exact) mass is 220 g/mol. The molecule has 0 aliphatic heterocycles. The van der Waals surface area contributed by atoms with Crippen molar-refractivity contribution < 1.29 is 4.79 Å². The zero-order chi connectivity index (χ0) is 12.0. The van der Waals surface area contributed by atoms with Gasteiger partial charge in [0.15, 0.2) is 5.78 Å². The van der Waals surface area contributed by atoms with Gasteiger partial charge in [0, 0.05) is 18.7 Å². The molecule has 3 nitrogen and oxygen atoms in total. The fraction of sp³-hybridized carbons (Fsp3) is 0.538. The number of unbranched alkanes of at least 4 members (excludes halogenated alkanes) is 1. The van der Waals surface area contributed by atoms with E-state index in [-0.39, 0.29) is 11.8 Å². The summed E-state index contributed by atoms with van der Waals surface area (Å²) < 4.78 is 0. The van der Waals surface area contributed by atoms with Crippen molar-refractivity contribution in [1.82, 2.24) is 4.98 Å². The Balaban J connectivity index is 2.81. The largest absolute Gasteiger partial charge is 0.367 e. The van der Waals surface area contributed by atoms with Crippen LogP contribution in [0, 0.1) is 0 Å². The number of ketones is 1. The van der Waals surface area contributed by atoms with E-state index in [1.54, 1.807) is 6.20 Å². The predicted molar refractivity (Wildman–Crippen MR) is 66.9 cm³/mol. The van der Waals surface area contributed by atoms with Gasteiger partial charge in [-0.15, -0.1) is 0 Å². The molecule has 0 fully saturated rings. The normalized spacial score (nSPS) is 10.5. The van der Waals surface area contributed by atoms with Gasteiger partial charge in [-0.1, -0.05) is 13.3 Å². The minimum Gasteiger partial charge on any atom is -0.367 e. The first-order valence-electron chi connectivity index (χ1n) is 5.90. The Morgan fingerprint density at radius 2 is 2.25 bits per heavy atom. The van der Waals surface area contributed by atoms with Crippen LogP contribution in [-0.4, -0.2) is 16.8 Å². The fourth-order valence-electron chi connectivity index (χ4n) is 1.49. The van der Waals surface area contributed by atoms with Gasteiger partial charge in [0.2, 0.25) is 0 Å². The van der Waals surface area contributed by atoms with Crippen molar-refractivity contribution in [3.8, 4) is 0 Å². The number of hydrogen-bond acceptors (Lipinski definition) is 3. The van der Waals surface area contributed by atoms with Crippen LogP contribution < -0.4 is 5.32 Å². The summed E-state index contributed by atoms with van der Waals surface area (Å²) >= 11 is 0. The van der Waals surface area contributed by atoms with E-state index >= 15 is 0 Å². The standard InChI is InChI=1S/C13H20N2O/c1-4-5-8-12(16)11-7-6-9-14-13(11)15-10(2)3/h6-7,9-10H,4-5,8H2,1-3H3,(H,14,15). The molecule has 0 bridgehead atoms. The molecule has 0 aromatic carbocycles. The third kappa shape index (κ3) is 3.65. The second kappa shape index (κ2) is 6.26. The Morgan fingerprint density at radius 1 is 1.50 bits per heavy atom. The first-order valence-corrected chi connectivity index (χ1v) is 5.90. The van der Waals surface area contributed by atoms with Crippen LogP contribution in [0.3, 0.4) is 0 Å². The van der Waals surface area contributed by atoms with Crippen molar-refractivity contribution in [1.29, 1.82) is 0 Å². The maximum atomic E-state index is 11.9. The van der Waals surface area contributed by atoms with Gasteiger partial charge in [-0.2, -0.15) is 0 Å².